The molecule has 17 heavy (non-hydrogen) atoms. The van der Waals surface area contributed by atoms with Gasteiger partial charge in [0, 0.05) is 31.5 Å². The fourth-order valence-corrected chi connectivity index (χ4v) is 2.13. The number of hydrogen-bond acceptors (Lipinski definition) is 4. The van der Waals surface area contributed by atoms with Crippen LogP contribution >= 0.6 is 0 Å². The molecule has 94 valence electrons. The Morgan fingerprint density at radius 1 is 1.53 bits per heavy atom. The highest BCUT2D eigenvalue weighted by atomic mass is 16.5. The minimum Gasteiger partial charge on any atom is -0.481 e. The zero-order chi connectivity index (χ0) is 12.1. The maximum Gasteiger partial charge on any atom is 0.217 e. The predicted octanol–water partition coefficient (Wildman–Crippen LogP) is 1.34. The van der Waals surface area contributed by atoms with Crippen LogP contribution in [0.5, 0.6) is 5.88 Å². The molecule has 0 amide bonds. The molecule has 1 aliphatic carbocycles. The Balaban J connectivity index is 1.82. The molecule has 0 radical (unpaired) electrons. The van der Waals surface area contributed by atoms with E-state index in [1.165, 1.54) is 12.8 Å². The molecule has 0 aliphatic heterocycles. The minimum atomic E-state index is 0.290. The number of rotatable bonds is 7. The molecule has 1 aromatic heterocycles. The van der Waals surface area contributed by atoms with E-state index in [0.29, 0.717) is 11.3 Å². The average Bonchev–Trinajstić information content (AvgIpc) is 3.10. The van der Waals surface area contributed by atoms with E-state index in [2.05, 4.69) is 10.3 Å². The van der Waals surface area contributed by atoms with Crippen molar-refractivity contribution in [2.24, 2.45) is 5.41 Å². The molecule has 0 atom stereocenters. The van der Waals surface area contributed by atoms with Crippen LogP contribution in [0.4, 0.5) is 0 Å². The van der Waals surface area contributed by atoms with Crippen LogP contribution in [0.1, 0.15) is 24.8 Å². The number of aliphatic hydroxyl groups is 1. The lowest BCUT2D eigenvalue weighted by Crippen LogP contribution is -2.24. The van der Waals surface area contributed by atoms with Gasteiger partial charge in [-0.3, -0.25) is 0 Å². The molecule has 0 unspecified atom stereocenters. The van der Waals surface area contributed by atoms with Gasteiger partial charge in [-0.15, -0.1) is 0 Å². The van der Waals surface area contributed by atoms with Gasteiger partial charge in [0.15, 0.2) is 0 Å². The van der Waals surface area contributed by atoms with Crippen molar-refractivity contribution in [1.29, 1.82) is 0 Å². The molecular formula is C13H20N2O2. The molecule has 1 saturated carbocycles. The highest BCUT2D eigenvalue weighted by Gasteiger charge is 2.41. The number of nitrogens with one attached hydrogen (secondary N) is 1. The Morgan fingerprint density at radius 3 is 3.00 bits per heavy atom. The first-order chi connectivity index (χ1) is 8.29. The topological polar surface area (TPSA) is 54.4 Å². The third kappa shape index (κ3) is 3.17. The van der Waals surface area contributed by atoms with Gasteiger partial charge in [-0.1, -0.05) is 6.07 Å². The summed E-state index contributed by atoms with van der Waals surface area (Å²) >= 11 is 0. The van der Waals surface area contributed by atoms with E-state index in [1.54, 1.807) is 13.3 Å². The van der Waals surface area contributed by atoms with Gasteiger partial charge in [0.25, 0.3) is 0 Å². The van der Waals surface area contributed by atoms with Gasteiger partial charge in [-0.2, -0.15) is 0 Å². The van der Waals surface area contributed by atoms with E-state index in [0.717, 1.165) is 25.1 Å². The van der Waals surface area contributed by atoms with E-state index in [4.69, 9.17) is 9.84 Å². The number of methoxy groups -OCH3 is 1. The van der Waals surface area contributed by atoms with Crippen molar-refractivity contribution < 1.29 is 9.84 Å². The molecule has 1 fully saturated rings. The third-order valence-corrected chi connectivity index (χ3v) is 3.46. The standard InChI is InChI=1S/C13H20N2O2/c1-17-12-11(3-2-7-15-12)9-14-10-13(4-5-13)6-8-16/h2-3,7,14,16H,4-6,8-10H2,1H3. The Morgan fingerprint density at radius 2 is 2.35 bits per heavy atom. The van der Waals surface area contributed by atoms with Crippen molar-refractivity contribution in [2.75, 3.05) is 20.3 Å². The second-order valence-electron chi connectivity index (χ2n) is 4.75. The predicted molar refractivity (Wildman–Crippen MR) is 65.9 cm³/mol. The van der Waals surface area contributed by atoms with E-state index in [-0.39, 0.29) is 6.61 Å². The molecule has 2 N–H and O–H groups in total. The smallest absolute Gasteiger partial charge is 0.217 e. The summed E-state index contributed by atoms with van der Waals surface area (Å²) in [5.74, 6) is 0.687. The van der Waals surface area contributed by atoms with Crippen LogP contribution in [0, 0.1) is 5.41 Å². The van der Waals surface area contributed by atoms with Crippen LogP contribution in [-0.2, 0) is 6.54 Å². The van der Waals surface area contributed by atoms with Crippen molar-refractivity contribution >= 4 is 0 Å². The molecule has 0 aromatic carbocycles. The number of nitrogens with zero attached hydrogens (tertiary/aromatic N) is 1. The fraction of sp³-hybridized carbons (Fsp3) is 0.615. The Hall–Kier alpha value is -1.13. The van der Waals surface area contributed by atoms with Gasteiger partial charge in [-0.25, -0.2) is 4.98 Å². The summed E-state index contributed by atoms with van der Waals surface area (Å²) in [4.78, 5) is 4.16. The summed E-state index contributed by atoms with van der Waals surface area (Å²) in [6.45, 7) is 2.02. The lowest BCUT2D eigenvalue weighted by molar-refractivity contribution is 0.245. The number of ether oxygens (including phenoxy) is 1. The molecule has 1 aromatic rings. The van der Waals surface area contributed by atoms with Crippen LogP contribution in [-0.4, -0.2) is 30.4 Å². The second kappa shape index (κ2) is 5.47. The summed E-state index contributed by atoms with van der Waals surface area (Å²) in [6, 6.07) is 3.94. The zero-order valence-electron chi connectivity index (χ0n) is 10.3. The Kier molecular flexibility index (Phi) is 3.97. The van der Waals surface area contributed by atoms with Gasteiger partial charge in [-0.05, 0) is 30.7 Å². The van der Waals surface area contributed by atoms with Crippen molar-refractivity contribution in [1.82, 2.24) is 10.3 Å². The van der Waals surface area contributed by atoms with E-state index < -0.39 is 0 Å². The van der Waals surface area contributed by atoms with Crippen molar-refractivity contribution in [3.63, 3.8) is 0 Å². The van der Waals surface area contributed by atoms with Crippen LogP contribution < -0.4 is 10.1 Å². The summed E-state index contributed by atoms with van der Waals surface area (Å²) in [5, 5.41) is 12.4. The molecule has 0 spiro atoms. The highest BCUT2D eigenvalue weighted by Crippen LogP contribution is 2.47. The van der Waals surface area contributed by atoms with E-state index in [9.17, 15) is 0 Å². The maximum absolute atomic E-state index is 8.98. The molecule has 2 rings (SSSR count). The van der Waals surface area contributed by atoms with Crippen molar-refractivity contribution in [2.45, 2.75) is 25.8 Å². The van der Waals surface area contributed by atoms with Crippen LogP contribution in [0.3, 0.4) is 0 Å². The third-order valence-electron chi connectivity index (χ3n) is 3.46. The molecule has 0 bridgehead atoms. The fourth-order valence-electron chi connectivity index (χ4n) is 2.13. The first-order valence-corrected chi connectivity index (χ1v) is 6.09. The monoisotopic (exact) mass is 236 g/mol. The first-order valence-electron chi connectivity index (χ1n) is 6.09. The number of hydrogen-bond donors (Lipinski definition) is 2. The quantitative estimate of drug-likeness (QED) is 0.750. The van der Waals surface area contributed by atoms with E-state index in [1.807, 2.05) is 12.1 Å². The molecular weight excluding hydrogens is 216 g/mol. The Bertz CT molecular complexity index is 364. The first kappa shape index (κ1) is 12.3. The van der Waals surface area contributed by atoms with Gasteiger partial charge in [0.05, 0.1) is 7.11 Å². The highest BCUT2D eigenvalue weighted by molar-refractivity contribution is 5.25. The van der Waals surface area contributed by atoms with Gasteiger partial charge < -0.3 is 15.2 Å². The minimum absolute atomic E-state index is 0.290. The largest absolute Gasteiger partial charge is 0.481 e. The number of aromatic nitrogens is 1. The molecule has 4 nitrogen and oxygen atoms in total. The van der Waals surface area contributed by atoms with Crippen molar-refractivity contribution in [3.05, 3.63) is 23.9 Å². The summed E-state index contributed by atoms with van der Waals surface area (Å²) in [6.07, 6.45) is 5.09. The summed E-state index contributed by atoms with van der Waals surface area (Å²) in [7, 11) is 1.64. The van der Waals surface area contributed by atoms with Crippen LogP contribution in [0.25, 0.3) is 0 Å². The molecule has 0 saturated heterocycles. The second-order valence-corrected chi connectivity index (χ2v) is 4.75. The average molecular weight is 236 g/mol. The van der Waals surface area contributed by atoms with E-state index >= 15 is 0 Å². The molecule has 1 aliphatic rings. The van der Waals surface area contributed by atoms with Crippen LogP contribution in [0.15, 0.2) is 18.3 Å². The van der Waals surface area contributed by atoms with Crippen LogP contribution in [0.2, 0.25) is 0 Å². The Labute approximate surface area is 102 Å². The maximum atomic E-state index is 8.98. The molecule has 4 heteroatoms. The molecule has 1 heterocycles. The van der Waals surface area contributed by atoms with Crippen molar-refractivity contribution in [3.8, 4) is 5.88 Å². The number of aliphatic hydroxyl groups excluding tert-OH is 1. The van der Waals surface area contributed by atoms with Gasteiger partial charge in [0.1, 0.15) is 0 Å². The SMILES string of the molecule is COc1ncccc1CNCC1(CCO)CC1. The lowest BCUT2D eigenvalue weighted by Gasteiger charge is -2.15. The normalized spacial score (nSPS) is 16.8. The van der Waals surface area contributed by atoms with Gasteiger partial charge >= 0.3 is 0 Å². The number of pyridine rings is 1. The zero-order valence-corrected chi connectivity index (χ0v) is 10.3. The summed E-state index contributed by atoms with van der Waals surface area (Å²) < 4.78 is 5.20. The van der Waals surface area contributed by atoms with Gasteiger partial charge in [0.2, 0.25) is 5.88 Å². The summed E-state index contributed by atoms with van der Waals surface area (Å²) in [5.41, 5.74) is 1.43. The lowest BCUT2D eigenvalue weighted by atomic mass is 10.0.